The molecule has 1 aromatic carbocycles. The second kappa shape index (κ2) is 5.33. The van der Waals surface area contributed by atoms with Gasteiger partial charge in [-0.3, -0.25) is 4.55 Å². The van der Waals surface area contributed by atoms with Gasteiger partial charge in [0.1, 0.15) is 10.6 Å². The minimum absolute atomic E-state index is 0.432. The van der Waals surface area contributed by atoms with Gasteiger partial charge in [0, 0.05) is 22.8 Å². The summed E-state index contributed by atoms with van der Waals surface area (Å²) in [6, 6.07) is 3.77. The van der Waals surface area contributed by atoms with Crippen molar-refractivity contribution in [3.63, 3.8) is 0 Å². The Labute approximate surface area is 118 Å². The molecule has 0 atom stereocenters. The van der Waals surface area contributed by atoms with E-state index < -0.39 is 20.8 Å². The van der Waals surface area contributed by atoms with Crippen molar-refractivity contribution in [2.24, 2.45) is 0 Å². The van der Waals surface area contributed by atoms with Gasteiger partial charge in [0.2, 0.25) is 0 Å². The van der Waals surface area contributed by atoms with Gasteiger partial charge in [0.25, 0.3) is 10.1 Å². The van der Waals surface area contributed by atoms with Crippen molar-refractivity contribution >= 4 is 38.7 Å². The largest absolute Gasteiger partial charge is 0.506 e. The lowest BCUT2D eigenvalue weighted by molar-refractivity contribution is 0.443. The third-order valence-corrected chi connectivity index (χ3v) is 4.24. The van der Waals surface area contributed by atoms with Crippen molar-refractivity contribution in [2.45, 2.75) is 11.4 Å². The predicted octanol–water partition coefficient (Wildman–Crippen LogP) is 2.36. The van der Waals surface area contributed by atoms with Crippen LogP contribution in [-0.4, -0.2) is 23.1 Å². The molecule has 2 aromatic rings. The van der Waals surface area contributed by atoms with E-state index in [1.165, 1.54) is 23.5 Å². The van der Waals surface area contributed by atoms with Crippen LogP contribution in [0.5, 0.6) is 5.75 Å². The summed E-state index contributed by atoms with van der Waals surface area (Å²) in [4.78, 5) is 4.24. The van der Waals surface area contributed by atoms with E-state index in [1.807, 2.05) is 0 Å². The molecule has 0 unspecified atom stereocenters. The number of halogens is 1. The molecule has 3 N–H and O–H groups in total. The van der Waals surface area contributed by atoms with Crippen LogP contribution in [0, 0.1) is 0 Å². The SMILES string of the molecule is O=S(=O)(O)c1ccc(NCc2cnc(Cl)s2)cc1O. The summed E-state index contributed by atoms with van der Waals surface area (Å²) >= 11 is 7.00. The molecule has 0 radical (unpaired) electrons. The fourth-order valence-corrected chi connectivity index (χ4v) is 2.88. The van der Waals surface area contributed by atoms with E-state index >= 15 is 0 Å². The molecule has 2 rings (SSSR count). The molecule has 0 spiro atoms. The van der Waals surface area contributed by atoms with Crippen molar-refractivity contribution in [2.75, 3.05) is 5.32 Å². The molecule has 9 heteroatoms. The zero-order chi connectivity index (χ0) is 14.0. The van der Waals surface area contributed by atoms with Crippen molar-refractivity contribution < 1.29 is 18.1 Å². The first kappa shape index (κ1) is 14.1. The highest BCUT2D eigenvalue weighted by Gasteiger charge is 2.15. The molecule has 0 aliphatic heterocycles. The quantitative estimate of drug-likeness (QED) is 0.748. The maximum absolute atomic E-state index is 10.9. The van der Waals surface area contributed by atoms with Gasteiger partial charge >= 0.3 is 0 Å². The number of benzene rings is 1. The third-order valence-electron chi connectivity index (χ3n) is 2.23. The summed E-state index contributed by atoms with van der Waals surface area (Å²) < 4.78 is 31.1. The Morgan fingerprint density at radius 2 is 2.16 bits per heavy atom. The van der Waals surface area contributed by atoms with E-state index in [0.717, 1.165) is 10.9 Å². The number of aromatic hydroxyl groups is 1. The molecule has 0 bridgehead atoms. The molecule has 0 aliphatic rings. The summed E-state index contributed by atoms with van der Waals surface area (Å²) in [5.74, 6) is -0.519. The highest BCUT2D eigenvalue weighted by atomic mass is 35.5. The zero-order valence-electron chi connectivity index (χ0n) is 9.37. The van der Waals surface area contributed by atoms with Crippen LogP contribution in [0.4, 0.5) is 5.69 Å². The lowest BCUT2D eigenvalue weighted by Gasteiger charge is -2.07. The summed E-state index contributed by atoms with van der Waals surface area (Å²) in [6.07, 6.45) is 1.62. The van der Waals surface area contributed by atoms with Crippen LogP contribution in [-0.2, 0) is 16.7 Å². The first-order chi connectivity index (χ1) is 8.86. The van der Waals surface area contributed by atoms with E-state index in [9.17, 15) is 13.5 Å². The fourth-order valence-electron chi connectivity index (χ4n) is 1.40. The van der Waals surface area contributed by atoms with Crippen molar-refractivity contribution in [1.29, 1.82) is 0 Å². The van der Waals surface area contributed by atoms with Gasteiger partial charge in [-0.15, -0.1) is 11.3 Å². The number of rotatable bonds is 4. The Morgan fingerprint density at radius 1 is 1.42 bits per heavy atom. The van der Waals surface area contributed by atoms with Gasteiger partial charge in [0.15, 0.2) is 4.47 Å². The Hall–Kier alpha value is -1.35. The normalized spacial score (nSPS) is 11.5. The number of phenolic OH excluding ortho intramolecular Hbond substituents is 1. The van der Waals surface area contributed by atoms with E-state index in [4.69, 9.17) is 16.2 Å². The number of nitrogens with zero attached hydrogens (tertiary/aromatic N) is 1. The van der Waals surface area contributed by atoms with Crippen molar-refractivity contribution in [3.8, 4) is 5.75 Å². The second-order valence-electron chi connectivity index (χ2n) is 3.59. The Morgan fingerprint density at radius 3 is 2.68 bits per heavy atom. The standard InChI is InChI=1S/C10H9ClN2O4S2/c11-10-13-5-7(18-10)4-12-6-1-2-9(8(14)3-6)19(15,16)17/h1-3,5,12,14H,4H2,(H,15,16,17). The third kappa shape index (κ3) is 3.57. The maximum atomic E-state index is 10.9. The van der Waals surface area contributed by atoms with Gasteiger partial charge in [-0.25, -0.2) is 4.98 Å². The van der Waals surface area contributed by atoms with E-state index in [-0.39, 0.29) is 0 Å². The van der Waals surface area contributed by atoms with Crippen LogP contribution >= 0.6 is 22.9 Å². The molecule has 0 amide bonds. The van der Waals surface area contributed by atoms with Crippen LogP contribution in [0.15, 0.2) is 29.3 Å². The highest BCUT2D eigenvalue weighted by Crippen LogP contribution is 2.26. The monoisotopic (exact) mass is 320 g/mol. The number of hydrogen-bond donors (Lipinski definition) is 3. The molecule has 0 fully saturated rings. The van der Waals surface area contributed by atoms with E-state index in [2.05, 4.69) is 10.3 Å². The molecule has 0 aliphatic carbocycles. The van der Waals surface area contributed by atoms with Gasteiger partial charge in [-0.2, -0.15) is 8.42 Å². The van der Waals surface area contributed by atoms with Crippen LogP contribution < -0.4 is 5.32 Å². The van der Waals surface area contributed by atoms with Crippen LogP contribution in [0.3, 0.4) is 0 Å². The molecule has 1 heterocycles. The second-order valence-corrected chi connectivity index (χ2v) is 6.68. The van der Waals surface area contributed by atoms with E-state index in [1.54, 1.807) is 6.20 Å². The summed E-state index contributed by atoms with van der Waals surface area (Å²) in [5.41, 5.74) is 0.509. The molecule has 1 aromatic heterocycles. The highest BCUT2D eigenvalue weighted by molar-refractivity contribution is 7.86. The number of thiazole rings is 1. The molecule has 6 nitrogen and oxygen atoms in total. The number of nitrogens with one attached hydrogen (secondary N) is 1. The predicted molar refractivity (Wildman–Crippen MR) is 72.4 cm³/mol. The number of anilines is 1. The smallest absolute Gasteiger partial charge is 0.298 e. The summed E-state index contributed by atoms with van der Waals surface area (Å²) in [5, 5.41) is 12.5. The number of phenols is 1. The van der Waals surface area contributed by atoms with Gasteiger partial charge in [0.05, 0.1) is 6.54 Å². The van der Waals surface area contributed by atoms with Gasteiger partial charge in [-0.1, -0.05) is 11.6 Å². The Kier molecular flexibility index (Phi) is 3.95. The van der Waals surface area contributed by atoms with Crippen LogP contribution in [0.25, 0.3) is 0 Å². The zero-order valence-corrected chi connectivity index (χ0v) is 11.8. The number of hydrogen-bond acceptors (Lipinski definition) is 6. The average Bonchev–Trinajstić information content (AvgIpc) is 2.71. The van der Waals surface area contributed by atoms with Crippen molar-refractivity contribution in [1.82, 2.24) is 4.98 Å². The minimum atomic E-state index is -4.42. The lowest BCUT2D eigenvalue weighted by Crippen LogP contribution is -2.01. The molecule has 19 heavy (non-hydrogen) atoms. The number of aromatic nitrogens is 1. The Bertz CT molecular complexity index is 699. The maximum Gasteiger partial charge on any atom is 0.298 e. The Balaban J connectivity index is 2.12. The van der Waals surface area contributed by atoms with Gasteiger partial charge in [-0.05, 0) is 12.1 Å². The minimum Gasteiger partial charge on any atom is -0.506 e. The molecule has 102 valence electrons. The molecular weight excluding hydrogens is 312 g/mol. The summed E-state index contributed by atoms with van der Waals surface area (Å²) in [6.45, 7) is 0.440. The van der Waals surface area contributed by atoms with Crippen molar-refractivity contribution in [3.05, 3.63) is 33.7 Å². The lowest BCUT2D eigenvalue weighted by atomic mass is 10.3. The van der Waals surface area contributed by atoms with Gasteiger partial charge < -0.3 is 10.4 Å². The van der Waals surface area contributed by atoms with E-state index in [0.29, 0.717) is 16.7 Å². The summed E-state index contributed by atoms with van der Waals surface area (Å²) in [7, 11) is -4.42. The van der Waals surface area contributed by atoms with Crippen LogP contribution in [0.1, 0.15) is 4.88 Å². The molecular formula is C10H9ClN2O4S2. The topological polar surface area (TPSA) is 99.5 Å². The first-order valence-corrected chi connectivity index (χ1v) is 7.64. The van der Waals surface area contributed by atoms with Crippen LogP contribution in [0.2, 0.25) is 4.47 Å². The fraction of sp³-hybridized carbons (Fsp3) is 0.100. The molecule has 0 saturated carbocycles. The average molecular weight is 321 g/mol. The molecule has 0 saturated heterocycles. The first-order valence-electron chi connectivity index (χ1n) is 5.01.